The summed E-state index contributed by atoms with van der Waals surface area (Å²) in [7, 11) is 0. The van der Waals surface area contributed by atoms with Gasteiger partial charge in [-0.05, 0) is 18.8 Å². The number of primary amides is 1. The maximum absolute atomic E-state index is 13.0. The fourth-order valence-electron chi connectivity index (χ4n) is 2.98. The largest absolute Gasteiger partial charge is 0.480 e. The number of aliphatic carboxylic acids is 1. The summed E-state index contributed by atoms with van der Waals surface area (Å²) in [5, 5.41) is 16.9. The van der Waals surface area contributed by atoms with Gasteiger partial charge in [0.2, 0.25) is 23.6 Å². The molecule has 0 aliphatic heterocycles. The van der Waals surface area contributed by atoms with E-state index in [2.05, 4.69) is 38.5 Å². The van der Waals surface area contributed by atoms with Crippen LogP contribution in [-0.4, -0.2) is 74.6 Å². The van der Waals surface area contributed by atoms with Gasteiger partial charge in [0, 0.05) is 30.5 Å². The first-order valence-electron chi connectivity index (χ1n) is 10.7. The summed E-state index contributed by atoms with van der Waals surface area (Å²) >= 11 is 3.98. The van der Waals surface area contributed by atoms with Crippen LogP contribution in [0.5, 0.6) is 0 Å². The number of carboxylic acids is 1. The molecule has 1 aromatic rings. The number of amides is 4. The lowest BCUT2D eigenvalue weighted by atomic mass is 10.0. The van der Waals surface area contributed by atoms with Gasteiger partial charge in [0.15, 0.2) is 0 Å². The van der Waals surface area contributed by atoms with E-state index in [1.54, 1.807) is 0 Å². The molecule has 4 atom stereocenters. The average molecular weight is 500 g/mol. The number of hydrogen-bond donors (Lipinski definition) is 8. The molecule has 0 aliphatic rings. The van der Waals surface area contributed by atoms with Crippen LogP contribution in [-0.2, 0) is 30.4 Å². The van der Waals surface area contributed by atoms with Gasteiger partial charge in [-0.1, -0.05) is 13.8 Å². The molecule has 9 N–H and O–H groups in total. The van der Waals surface area contributed by atoms with Crippen molar-refractivity contribution < 1.29 is 29.1 Å². The number of imidazole rings is 1. The van der Waals surface area contributed by atoms with Gasteiger partial charge < -0.3 is 37.5 Å². The fraction of sp³-hybridized carbons (Fsp3) is 0.600. The minimum Gasteiger partial charge on any atom is -0.480 e. The van der Waals surface area contributed by atoms with Gasteiger partial charge >= 0.3 is 5.97 Å². The highest BCUT2D eigenvalue weighted by molar-refractivity contribution is 7.80. The van der Waals surface area contributed by atoms with Gasteiger partial charge in [-0.25, -0.2) is 9.78 Å². The molecule has 0 aromatic carbocycles. The van der Waals surface area contributed by atoms with Crippen molar-refractivity contribution in [2.45, 2.75) is 63.7 Å². The van der Waals surface area contributed by atoms with E-state index < -0.39 is 53.8 Å². The Morgan fingerprint density at radius 3 is 2.15 bits per heavy atom. The maximum Gasteiger partial charge on any atom is 0.326 e. The highest BCUT2D eigenvalue weighted by Crippen LogP contribution is 2.08. The molecule has 1 heterocycles. The lowest BCUT2D eigenvalue weighted by Gasteiger charge is -2.25. The van der Waals surface area contributed by atoms with E-state index in [4.69, 9.17) is 11.5 Å². The molecule has 14 heteroatoms. The van der Waals surface area contributed by atoms with Crippen LogP contribution >= 0.6 is 12.6 Å². The van der Waals surface area contributed by atoms with Crippen molar-refractivity contribution in [2.24, 2.45) is 17.4 Å². The number of carbonyl (C=O) groups excluding carboxylic acids is 4. The third kappa shape index (κ3) is 10.2. The van der Waals surface area contributed by atoms with Crippen molar-refractivity contribution in [3.63, 3.8) is 0 Å². The normalized spacial score (nSPS) is 14.5. The second kappa shape index (κ2) is 14.2. The van der Waals surface area contributed by atoms with Crippen LogP contribution in [0.1, 0.15) is 38.8 Å². The summed E-state index contributed by atoms with van der Waals surface area (Å²) in [6.07, 6.45) is 2.62. The van der Waals surface area contributed by atoms with Crippen molar-refractivity contribution in [1.29, 1.82) is 0 Å². The van der Waals surface area contributed by atoms with Crippen LogP contribution < -0.4 is 27.4 Å². The monoisotopic (exact) mass is 499 g/mol. The van der Waals surface area contributed by atoms with Crippen molar-refractivity contribution in [3.05, 3.63) is 18.2 Å². The molecule has 0 saturated carbocycles. The van der Waals surface area contributed by atoms with Crippen LogP contribution in [0.4, 0.5) is 0 Å². The molecule has 0 radical (unpaired) electrons. The zero-order valence-corrected chi connectivity index (χ0v) is 20.0. The first-order chi connectivity index (χ1) is 15.9. The molecule has 0 fully saturated rings. The Morgan fingerprint density at radius 2 is 1.65 bits per heavy atom. The van der Waals surface area contributed by atoms with Gasteiger partial charge in [-0.2, -0.15) is 12.6 Å². The first kappa shape index (κ1) is 28.9. The smallest absolute Gasteiger partial charge is 0.326 e. The average Bonchev–Trinajstić information content (AvgIpc) is 3.27. The number of nitrogens with zero attached hydrogens (tertiary/aromatic N) is 1. The standard InChI is InChI=1S/C20H33N7O6S/c1-10(2)5-14(26-17(29)12(21)8-34)18(30)27-15(6-11-7-23-9-24-11)19(31)25-13(20(32)33)3-4-16(22)28/h7,9-10,12-15,34H,3-6,8,21H2,1-2H3,(H2,22,28)(H,23,24)(H,25,31)(H,26,29)(H,27,30)(H,32,33). The van der Waals surface area contributed by atoms with Gasteiger partial charge in [-0.3, -0.25) is 19.2 Å². The van der Waals surface area contributed by atoms with Crippen LogP contribution in [0.15, 0.2) is 12.5 Å². The number of H-pyrrole nitrogens is 1. The second-order valence-electron chi connectivity index (χ2n) is 8.23. The summed E-state index contributed by atoms with van der Waals surface area (Å²) in [6.45, 7) is 3.71. The molecule has 1 aromatic heterocycles. The van der Waals surface area contributed by atoms with E-state index in [0.717, 1.165) is 0 Å². The lowest BCUT2D eigenvalue weighted by Crippen LogP contribution is -2.58. The quantitative estimate of drug-likeness (QED) is 0.126. The number of carbonyl (C=O) groups is 5. The molecular formula is C20H33N7O6S. The van der Waals surface area contributed by atoms with Crippen molar-refractivity contribution in [3.8, 4) is 0 Å². The zero-order valence-electron chi connectivity index (χ0n) is 19.1. The van der Waals surface area contributed by atoms with E-state index in [9.17, 15) is 29.1 Å². The molecular weight excluding hydrogens is 466 g/mol. The summed E-state index contributed by atoms with van der Waals surface area (Å²) in [6, 6.07) is -4.49. The van der Waals surface area contributed by atoms with Crippen LogP contribution in [0.25, 0.3) is 0 Å². The van der Waals surface area contributed by atoms with Gasteiger partial charge in [0.25, 0.3) is 0 Å². The topological polar surface area (TPSA) is 222 Å². The molecule has 0 aliphatic carbocycles. The van der Waals surface area contributed by atoms with E-state index in [1.165, 1.54) is 12.5 Å². The fourth-order valence-corrected chi connectivity index (χ4v) is 3.14. The summed E-state index contributed by atoms with van der Waals surface area (Å²) in [4.78, 5) is 67.4. The second-order valence-corrected chi connectivity index (χ2v) is 8.59. The lowest BCUT2D eigenvalue weighted by molar-refractivity contribution is -0.142. The number of nitrogens with one attached hydrogen (secondary N) is 4. The van der Waals surface area contributed by atoms with Gasteiger partial charge in [0.05, 0.1) is 12.4 Å². The number of carboxylic acid groups (broad SMARTS) is 1. The predicted molar refractivity (Wildman–Crippen MR) is 125 cm³/mol. The van der Waals surface area contributed by atoms with Crippen molar-refractivity contribution >= 4 is 42.2 Å². The van der Waals surface area contributed by atoms with E-state index in [0.29, 0.717) is 5.69 Å². The molecule has 1 rings (SSSR count). The van der Waals surface area contributed by atoms with Crippen molar-refractivity contribution in [2.75, 3.05) is 5.75 Å². The van der Waals surface area contributed by atoms with Gasteiger partial charge in [-0.15, -0.1) is 0 Å². The van der Waals surface area contributed by atoms with Crippen LogP contribution in [0, 0.1) is 5.92 Å². The third-order valence-electron chi connectivity index (χ3n) is 4.78. The Kier molecular flexibility index (Phi) is 12.1. The zero-order chi connectivity index (χ0) is 25.8. The van der Waals surface area contributed by atoms with Crippen LogP contribution in [0.2, 0.25) is 0 Å². The molecule has 190 valence electrons. The molecule has 0 saturated heterocycles. The molecule has 0 spiro atoms. The summed E-state index contributed by atoms with van der Waals surface area (Å²) < 4.78 is 0. The number of nitrogens with two attached hydrogens (primary N) is 2. The Balaban J connectivity index is 3.05. The molecule has 4 amide bonds. The van der Waals surface area contributed by atoms with Crippen molar-refractivity contribution in [1.82, 2.24) is 25.9 Å². The third-order valence-corrected chi connectivity index (χ3v) is 5.17. The predicted octanol–water partition coefficient (Wildman–Crippen LogP) is -1.94. The maximum atomic E-state index is 13.0. The minimum absolute atomic E-state index is 0.0216. The summed E-state index contributed by atoms with van der Waals surface area (Å²) in [5.41, 5.74) is 11.3. The molecule has 4 unspecified atom stereocenters. The van der Waals surface area contributed by atoms with Gasteiger partial charge in [0.1, 0.15) is 18.1 Å². The number of aromatic amines is 1. The SMILES string of the molecule is CC(C)CC(NC(=O)C(N)CS)C(=O)NC(Cc1cnc[nH]1)C(=O)NC(CCC(N)=O)C(=O)O. The van der Waals surface area contributed by atoms with E-state index in [1.807, 2.05) is 13.8 Å². The number of aromatic nitrogens is 2. The molecule has 13 nitrogen and oxygen atoms in total. The highest BCUT2D eigenvalue weighted by Gasteiger charge is 2.31. The number of thiol groups is 1. The number of rotatable bonds is 15. The highest BCUT2D eigenvalue weighted by atomic mass is 32.1. The van der Waals surface area contributed by atoms with E-state index >= 15 is 0 Å². The molecule has 34 heavy (non-hydrogen) atoms. The number of hydrogen-bond acceptors (Lipinski definition) is 8. The summed E-state index contributed by atoms with van der Waals surface area (Å²) in [5.74, 6) is -3.97. The molecule has 0 bridgehead atoms. The first-order valence-corrected chi connectivity index (χ1v) is 11.3. The van der Waals surface area contributed by atoms with Crippen LogP contribution in [0.3, 0.4) is 0 Å². The Bertz CT molecular complexity index is 848. The minimum atomic E-state index is -1.39. The Morgan fingerprint density at radius 1 is 1.06 bits per heavy atom. The Labute approximate surface area is 202 Å². The Hall–Kier alpha value is -3.13. The van der Waals surface area contributed by atoms with E-state index in [-0.39, 0.29) is 37.4 Å².